The first-order valence-corrected chi connectivity index (χ1v) is 7.11. The molecule has 0 radical (unpaired) electrons. The molecular formula is C16H17ClN4. The normalized spacial score (nSPS) is 10.5. The van der Waals surface area contributed by atoms with Gasteiger partial charge in [-0.2, -0.15) is 5.26 Å². The molecule has 0 aliphatic rings. The molecule has 0 spiro atoms. The van der Waals surface area contributed by atoms with E-state index in [2.05, 4.69) is 29.9 Å². The zero-order chi connectivity index (χ0) is 15.4. The maximum atomic E-state index is 8.96. The summed E-state index contributed by atoms with van der Waals surface area (Å²) in [5.41, 5.74) is 2.66. The van der Waals surface area contributed by atoms with Crippen molar-refractivity contribution in [3.63, 3.8) is 0 Å². The second-order valence-electron chi connectivity index (χ2n) is 5.22. The minimum Gasteiger partial charge on any atom is -0.355 e. The summed E-state index contributed by atoms with van der Waals surface area (Å²) in [4.78, 5) is 10.5. The summed E-state index contributed by atoms with van der Waals surface area (Å²) in [6.45, 7) is 4.79. The highest BCUT2D eigenvalue weighted by Crippen LogP contribution is 2.30. The molecule has 2 aromatic rings. The molecule has 4 nitrogen and oxygen atoms in total. The lowest BCUT2D eigenvalue weighted by Crippen LogP contribution is -2.20. The minimum absolute atomic E-state index is 0.238. The highest BCUT2D eigenvalue weighted by molar-refractivity contribution is 6.30. The predicted octanol–water partition coefficient (Wildman–Crippen LogP) is 3.76. The summed E-state index contributed by atoms with van der Waals surface area (Å²) in [5.74, 6) is 1.06. The van der Waals surface area contributed by atoms with Gasteiger partial charge >= 0.3 is 0 Å². The summed E-state index contributed by atoms with van der Waals surface area (Å²) in [6.07, 6.45) is 1.48. The van der Waals surface area contributed by atoms with Crippen LogP contribution < -0.4 is 4.90 Å². The number of nitriles is 1. The smallest absolute Gasteiger partial charge is 0.138 e. The van der Waals surface area contributed by atoms with Crippen LogP contribution in [0.1, 0.15) is 36.5 Å². The second kappa shape index (κ2) is 6.55. The van der Waals surface area contributed by atoms with Crippen LogP contribution in [0.5, 0.6) is 0 Å². The summed E-state index contributed by atoms with van der Waals surface area (Å²) < 4.78 is 0. The van der Waals surface area contributed by atoms with E-state index in [0.29, 0.717) is 17.3 Å². The molecule has 21 heavy (non-hydrogen) atoms. The van der Waals surface area contributed by atoms with Crippen LogP contribution in [0, 0.1) is 11.3 Å². The van der Waals surface area contributed by atoms with E-state index in [4.69, 9.17) is 16.9 Å². The topological polar surface area (TPSA) is 52.8 Å². The van der Waals surface area contributed by atoms with Crippen LogP contribution in [-0.4, -0.2) is 17.0 Å². The first-order valence-electron chi connectivity index (χ1n) is 6.73. The van der Waals surface area contributed by atoms with Crippen LogP contribution in [0.3, 0.4) is 0 Å². The fourth-order valence-corrected chi connectivity index (χ4v) is 2.60. The van der Waals surface area contributed by atoms with Crippen molar-refractivity contribution >= 4 is 17.4 Å². The maximum absolute atomic E-state index is 8.96. The summed E-state index contributed by atoms with van der Waals surface area (Å²) in [5, 5.41) is 9.46. The SMILES string of the molecule is CC(C)c1c(Cl)ncnc1N(C)Cc1cccc(C#N)c1. The first-order chi connectivity index (χ1) is 10.0. The third-order valence-corrected chi connectivity index (χ3v) is 3.53. The molecule has 108 valence electrons. The Bertz CT molecular complexity index is 676. The molecule has 0 aliphatic heterocycles. The molecule has 0 atom stereocenters. The lowest BCUT2D eigenvalue weighted by atomic mass is 10.1. The molecule has 0 N–H and O–H groups in total. The van der Waals surface area contributed by atoms with Crippen LogP contribution in [-0.2, 0) is 6.54 Å². The van der Waals surface area contributed by atoms with E-state index in [1.54, 1.807) is 6.07 Å². The van der Waals surface area contributed by atoms with Gasteiger partial charge < -0.3 is 4.90 Å². The zero-order valence-electron chi connectivity index (χ0n) is 12.3. The molecule has 0 saturated carbocycles. The quantitative estimate of drug-likeness (QED) is 0.807. The van der Waals surface area contributed by atoms with E-state index in [-0.39, 0.29) is 5.92 Å². The van der Waals surface area contributed by atoms with Crippen LogP contribution in [0.15, 0.2) is 30.6 Å². The van der Waals surface area contributed by atoms with Crippen molar-refractivity contribution < 1.29 is 0 Å². The van der Waals surface area contributed by atoms with Crippen molar-refractivity contribution in [2.45, 2.75) is 26.3 Å². The van der Waals surface area contributed by atoms with Crippen molar-refractivity contribution in [3.8, 4) is 6.07 Å². The van der Waals surface area contributed by atoms with Gasteiger partial charge in [0.25, 0.3) is 0 Å². The number of benzene rings is 1. The van der Waals surface area contributed by atoms with Gasteiger partial charge in [-0.05, 0) is 23.6 Å². The largest absolute Gasteiger partial charge is 0.355 e. The number of anilines is 1. The summed E-state index contributed by atoms with van der Waals surface area (Å²) in [6, 6.07) is 9.72. The number of hydrogen-bond donors (Lipinski definition) is 0. The van der Waals surface area contributed by atoms with Gasteiger partial charge in [-0.1, -0.05) is 37.6 Å². The van der Waals surface area contributed by atoms with Crippen LogP contribution >= 0.6 is 11.6 Å². The number of nitrogens with zero attached hydrogens (tertiary/aromatic N) is 4. The highest BCUT2D eigenvalue weighted by atomic mass is 35.5. The molecule has 0 saturated heterocycles. The van der Waals surface area contributed by atoms with Gasteiger partial charge in [0, 0.05) is 19.2 Å². The number of hydrogen-bond acceptors (Lipinski definition) is 4. The van der Waals surface area contributed by atoms with Gasteiger partial charge in [0.2, 0.25) is 0 Å². The van der Waals surface area contributed by atoms with Crippen molar-refractivity contribution in [2.24, 2.45) is 0 Å². The number of halogens is 1. The van der Waals surface area contributed by atoms with E-state index in [0.717, 1.165) is 16.9 Å². The van der Waals surface area contributed by atoms with Gasteiger partial charge in [-0.15, -0.1) is 0 Å². The molecule has 0 unspecified atom stereocenters. The molecule has 5 heteroatoms. The Morgan fingerprint density at radius 3 is 2.76 bits per heavy atom. The van der Waals surface area contributed by atoms with E-state index < -0.39 is 0 Å². The Balaban J connectivity index is 2.30. The highest BCUT2D eigenvalue weighted by Gasteiger charge is 2.16. The zero-order valence-corrected chi connectivity index (χ0v) is 13.1. The maximum Gasteiger partial charge on any atom is 0.138 e. The van der Waals surface area contributed by atoms with Crippen molar-refractivity contribution in [1.29, 1.82) is 5.26 Å². The standard InChI is InChI=1S/C16H17ClN4/c1-11(2)14-15(17)19-10-20-16(14)21(3)9-13-6-4-5-12(7-13)8-18/h4-7,10-11H,9H2,1-3H3. The third kappa shape index (κ3) is 3.50. The Morgan fingerprint density at radius 1 is 1.33 bits per heavy atom. The van der Waals surface area contributed by atoms with Gasteiger partial charge in [0.05, 0.1) is 11.6 Å². The molecular weight excluding hydrogens is 284 g/mol. The molecule has 0 fully saturated rings. The minimum atomic E-state index is 0.238. The molecule has 1 aromatic carbocycles. The van der Waals surface area contributed by atoms with Gasteiger partial charge in [-0.25, -0.2) is 9.97 Å². The van der Waals surface area contributed by atoms with Crippen molar-refractivity contribution in [1.82, 2.24) is 9.97 Å². The lowest BCUT2D eigenvalue weighted by Gasteiger charge is -2.23. The van der Waals surface area contributed by atoms with E-state index in [1.165, 1.54) is 6.33 Å². The van der Waals surface area contributed by atoms with Crippen molar-refractivity contribution in [3.05, 3.63) is 52.4 Å². The molecule has 0 amide bonds. The Labute approximate surface area is 130 Å². The van der Waals surface area contributed by atoms with Crippen LogP contribution in [0.4, 0.5) is 5.82 Å². The number of rotatable bonds is 4. The summed E-state index contributed by atoms with van der Waals surface area (Å²) >= 11 is 6.20. The molecule has 2 rings (SSSR count). The predicted molar refractivity (Wildman–Crippen MR) is 84.4 cm³/mol. The van der Waals surface area contributed by atoms with E-state index in [9.17, 15) is 0 Å². The van der Waals surface area contributed by atoms with Crippen LogP contribution in [0.25, 0.3) is 0 Å². The van der Waals surface area contributed by atoms with Crippen LogP contribution in [0.2, 0.25) is 5.15 Å². The van der Waals surface area contributed by atoms with Crippen molar-refractivity contribution in [2.75, 3.05) is 11.9 Å². The Kier molecular flexibility index (Phi) is 4.77. The molecule has 1 heterocycles. The third-order valence-electron chi connectivity index (χ3n) is 3.23. The van der Waals surface area contributed by atoms with E-state index >= 15 is 0 Å². The fraction of sp³-hybridized carbons (Fsp3) is 0.312. The van der Waals surface area contributed by atoms with Gasteiger partial charge in [0.1, 0.15) is 17.3 Å². The molecule has 1 aromatic heterocycles. The lowest BCUT2D eigenvalue weighted by molar-refractivity contribution is 0.808. The van der Waals surface area contributed by atoms with Gasteiger partial charge in [0.15, 0.2) is 0 Å². The average Bonchev–Trinajstić information content (AvgIpc) is 2.46. The second-order valence-corrected chi connectivity index (χ2v) is 5.58. The Hall–Kier alpha value is -2.12. The number of aromatic nitrogens is 2. The molecule has 0 aliphatic carbocycles. The molecule has 0 bridgehead atoms. The summed E-state index contributed by atoms with van der Waals surface area (Å²) in [7, 11) is 1.96. The monoisotopic (exact) mass is 300 g/mol. The first kappa shape index (κ1) is 15.3. The fourth-order valence-electron chi connectivity index (χ4n) is 2.25. The average molecular weight is 301 g/mol. The van der Waals surface area contributed by atoms with E-state index in [1.807, 2.05) is 30.1 Å². The Morgan fingerprint density at radius 2 is 2.10 bits per heavy atom. The van der Waals surface area contributed by atoms with Gasteiger partial charge in [-0.3, -0.25) is 0 Å².